The molecule has 0 saturated carbocycles. The van der Waals surface area contributed by atoms with Crippen LogP contribution in [0.15, 0.2) is 36.4 Å². The van der Waals surface area contributed by atoms with E-state index >= 15 is 0 Å². The summed E-state index contributed by atoms with van der Waals surface area (Å²) in [6.45, 7) is 0. The van der Waals surface area contributed by atoms with Gasteiger partial charge < -0.3 is 9.47 Å². The second-order valence-electron chi connectivity index (χ2n) is 4.66. The normalized spacial score (nSPS) is 10.6. The van der Waals surface area contributed by atoms with E-state index in [-0.39, 0.29) is 5.91 Å². The Morgan fingerprint density at radius 1 is 1.17 bits per heavy atom. The van der Waals surface area contributed by atoms with Crippen molar-refractivity contribution in [3.63, 3.8) is 0 Å². The summed E-state index contributed by atoms with van der Waals surface area (Å²) >= 11 is 7.26. The molecule has 1 aromatic heterocycles. The molecule has 5 nitrogen and oxygen atoms in total. The Bertz CT molecular complexity index is 838. The van der Waals surface area contributed by atoms with Crippen molar-refractivity contribution < 1.29 is 14.3 Å². The molecule has 0 bridgehead atoms. The molecule has 3 aromatic rings. The summed E-state index contributed by atoms with van der Waals surface area (Å²) in [5.74, 6) is 0.958. The number of nitrogens with zero attached hydrogens (tertiary/aromatic N) is 1. The molecule has 1 N–H and O–H groups in total. The molecule has 0 spiro atoms. The fourth-order valence-electron chi connectivity index (χ4n) is 2.11. The molecule has 0 atom stereocenters. The third kappa shape index (κ3) is 3.23. The van der Waals surface area contributed by atoms with E-state index in [9.17, 15) is 4.79 Å². The van der Waals surface area contributed by atoms with Gasteiger partial charge in [0.05, 0.1) is 24.4 Å². The molecule has 0 aliphatic rings. The van der Waals surface area contributed by atoms with Crippen LogP contribution < -0.4 is 14.8 Å². The number of carbonyl (C=O) groups is 1. The Kier molecular flexibility index (Phi) is 4.36. The molecular formula is C16H13ClN2O3S. The molecule has 0 aliphatic heterocycles. The zero-order valence-electron chi connectivity index (χ0n) is 12.4. The molecule has 0 unspecified atom stereocenters. The highest BCUT2D eigenvalue weighted by molar-refractivity contribution is 7.22. The van der Waals surface area contributed by atoms with Gasteiger partial charge >= 0.3 is 0 Å². The predicted molar refractivity (Wildman–Crippen MR) is 92.1 cm³/mol. The van der Waals surface area contributed by atoms with E-state index in [2.05, 4.69) is 10.3 Å². The maximum atomic E-state index is 12.2. The summed E-state index contributed by atoms with van der Waals surface area (Å²) in [5, 5.41) is 3.79. The van der Waals surface area contributed by atoms with Gasteiger partial charge in [0.15, 0.2) is 16.6 Å². The van der Waals surface area contributed by atoms with Crippen molar-refractivity contribution >= 4 is 44.2 Å². The fourth-order valence-corrected chi connectivity index (χ4v) is 3.17. The van der Waals surface area contributed by atoms with Gasteiger partial charge in [0.1, 0.15) is 0 Å². The molecule has 7 heteroatoms. The molecule has 0 aliphatic carbocycles. The first-order valence-corrected chi connectivity index (χ1v) is 7.89. The number of amides is 1. The Morgan fingerprint density at radius 3 is 2.61 bits per heavy atom. The van der Waals surface area contributed by atoms with Crippen molar-refractivity contribution in [1.29, 1.82) is 0 Å². The lowest BCUT2D eigenvalue weighted by Crippen LogP contribution is -2.11. The Labute approximate surface area is 141 Å². The standard InChI is InChI=1S/C16H13ClN2O3S/c1-21-12-7-11-14(8-13(12)22-2)23-16(18-11)19-15(20)9-4-3-5-10(17)6-9/h3-8H,1-2H3,(H,18,19,20). The van der Waals surface area contributed by atoms with Crippen molar-refractivity contribution in [2.75, 3.05) is 19.5 Å². The zero-order valence-corrected chi connectivity index (χ0v) is 14.0. The monoisotopic (exact) mass is 348 g/mol. The van der Waals surface area contributed by atoms with Crippen molar-refractivity contribution in [3.05, 3.63) is 47.0 Å². The molecular weight excluding hydrogens is 336 g/mol. The predicted octanol–water partition coefficient (Wildman–Crippen LogP) is 4.22. The van der Waals surface area contributed by atoms with E-state index < -0.39 is 0 Å². The number of hydrogen-bond donors (Lipinski definition) is 1. The van der Waals surface area contributed by atoms with Crippen molar-refractivity contribution in [2.24, 2.45) is 0 Å². The van der Waals surface area contributed by atoms with E-state index in [4.69, 9.17) is 21.1 Å². The summed E-state index contributed by atoms with van der Waals surface area (Å²) in [5.41, 5.74) is 1.21. The molecule has 0 fully saturated rings. The first-order chi connectivity index (χ1) is 11.1. The fraction of sp³-hybridized carbons (Fsp3) is 0.125. The second kappa shape index (κ2) is 6.44. The molecule has 118 valence electrons. The minimum Gasteiger partial charge on any atom is -0.493 e. The van der Waals surface area contributed by atoms with Crippen LogP contribution in [-0.2, 0) is 0 Å². The number of fused-ring (bicyclic) bond motifs is 1. The lowest BCUT2D eigenvalue weighted by molar-refractivity contribution is 0.102. The van der Waals surface area contributed by atoms with Gasteiger partial charge in [0, 0.05) is 22.7 Å². The third-order valence-electron chi connectivity index (χ3n) is 3.20. The van der Waals surface area contributed by atoms with Gasteiger partial charge in [-0.1, -0.05) is 29.0 Å². The van der Waals surface area contributed by atoms with Crippen molar-refractivity contribution in [3.8, 4) is 11.5 Å². The number of aromatic nitrogens is 1. The number of benzene rings is 2. The van der Waals surface area contributed by atoms with Crippen LogP contribution in [0.3, 0.4) is 0 Å². The van der Waals surface area contributed by atoms with Crippen LogP contribution in [0, 0.1) is 0 Å². The lowest BCUT2D eigenvalue weighted by Gasteiger charge is -2.05. The van der Waals surface area contributed by atoms with Crippen LogP contribution in [0.2, 0.25) is 5.02 Å². The van der Waals surface area contributed by atoms with E-state index in [1.54, 1.807) is 44.6 Å². The zero-order chi connectivity index (χ0) is 16.4. The van der Waals surface area contributed by atoms with E-state index in [0.29, 0.717) is 27.2 Å². The number of methoxy groups -OCH3 is 2. The molecule has 0 saturated heterocycles. The third-order valence-corrected chi connectivity index (χ3v) is 4.37. The van der Waals surface area contributed by atoms with Gasteiger partial charge in [-0.3, -0.25) is 10.1 Å². The second-order valence-corrected chi connectivity index (χ2v) is 6.13. The molecule has 1 amide bonds. The summed E-state index contributed by atoms with van der Waals surface area (Å²) in [6, 6.07) is 10.4. The number of hydrogen-bond acceptors (Lipinski definition) is 5. The van der Waals surface area contributed by atoms with Gasteiger partial charge in [-0.05, 0) is 18.2 Å². The smallest absolute Gasteiger partial charge is 0.257 e. The average Bonchev–Trinajstić information content (AvgIpc) is 2.94. The maximum Gasteiger partial charge on any atom is 0.257 e. The number of rotatable bonds is 4. The molecule has 0 radical (unpaired) electrons. The number of nitrogens with one attached hydrogen (secondary N) is 1. The number of carbonyl (C=O) groups excluding carboxylic acids is 1. The van der Waals surface area contributed by atoms with Gasteiger partial charge in [-0.2, -0.15) is 0 Å². The topological polar surface area (TPSA) is 60.5 Å². The highest BCUT2D eigenvalue weighted by Crippen LogP contribution is 2.36. The Morgan fingerprint density at radius 2 is 1.91 bits per heavy atom. The summed E-state index contributed by atoms with van der Waals surface area (Å²) in [4.78, 5) is 16.6. The molecule has 3 rings (SSSR count). The maximum absolute atomic E-state index is 12.2. The van der Waals surface area contributed by atoms with Gasteiger partial charge in [-0.25, -0.2) is 4.98 Å². The number of anilines is 1. The lowest BCUT2D eigenvalue weighted by atomic mass is 10.2. The van der Waals surface area contributed by atoms with Gasteiger partial charge in [0.2, 0.25) is 0 Å². The Balaban J connectivity index is 1.90. The first-order valence-electron chi connectivity index (χ1n) is 6.70. The summed E-state index contributed by atoms with van der Waals surface area (Å²) < 4.78 is 11.4. The van der Waals surface area contributed by atoms with Gasteiger partial charge in [-0.15, -0.1) is 0 Å². The summed E-state index contributed by atoms with van der Waals surface area (Å²) in [6.07, 6.45) is 0. The highest BCUT2D eigenvalue weighted by atomic mass is 35.5. The van der Waals surface area contributed by atoms with Crippen LogP contribution in [0.5, 0.6) is 11.5 Å². The van der Waals surface area contributed by atoms with Crippen LogP contribution in [0.25, 0.3) is 10.2 Å². The number of thiazole rings is 1. The quantitative estimate of drug-likeness (QED) is 0.766. The summed E-state index contributed by atoms with van der Waals surface area (Å²) in [7, 11) is 3.14. The SMILES string of the molecule is COc1cc2nc(NC(=O)c3cccc(Cl)c3)sc2cc1OC. The van der Waals surface area contributed by atoms with Crippen LogP contribution in [0.4, 0.5) is 5.13 Å². The number of halogens is 1. The molecule has 2 aromatic carbocycles. The van der Waals surface area contributed by atoms with Crippen LogP contribution in [0.1, 0.15) is 10.4 Å². The number of ether oxygens (including phenoxy) is 2. The van der Waals surface area contributed by atoms with Crippen molar-refractivity contribution in [2.45, 2.75) is 0 Å². The van der Waals surface area contributed by atoms with Crippen molar-refractivity contribution in [1.82, 2.24) is 4.98 Å². The molecule has 23 heavy (non-hydrogen) atoms. The largest absolute Gasteiger partial charge is 0.493 e. The van der Waals surface area contributed by atoms with Gasteiger partial charge in [0.25, 0.3) is 5.91 Å². The van der Waals surface area contributed by atoms with Crippen LogP contribution in [-0.4, -0.2) is 25.1 Å². The first kappa shape index (κ1) is 15.6. The van der Waals surface area contributed by atoms with E-state index in [1.165, 1.54) is 11.3 Å². The molecule has 1 heterocycles. The minimum absolute atomic E-state index is 0.259. The average molecular weight is 349 g/mol. The highest BCUT2D eigenvalue weighted by Gasteiger charge is 2.13. The van der Waals surface area contributed by atoms with E-state index in [1.807, 2.05) is 6.07 Å². The Hall–Kier alpha value is -2.31. The van der Waals surface area contributed by atoms with E-state index in [0.717, 1.165) is 10.2 Å². The van der Waals surface area contributed by atoms with Crippen LogP contribution >= 0.6 is 22.9 Å². The minimum atomic E-state index is -0.259.